The van der Waals surface area contributed by atoms with Crippen LogP contribution in [0.1, 0.15) is 31.7 Å². The van der Waals surface area contributed by atoms with Crippen molar-refractivity contribution >= 4 is 44.8 Å². The summed E-state index contributed by atoms with van der Waals surface area (Å²) in [5.74, 6) is 0.684. The SMILES string of the molecule is CCNC(=O)OCN1C(=O)CCc2ccc(OCCCCN3CCN(c4cccc5sccc45)CC3)cc21. The normalized spacial score (nSPS) is 16.0. The van der Waals surface area contributed by atoms with Gasteiger partial charge in [-0.2, -0.15) is 0 Å². The highest BCUT2D eigenvalue weighted by Crippen LogP contribution is 2.32. The van der Waals surface area contributed by atoms with Gasteiger partial charge in [0.05, 0.1) is 12.3 Å². The molecular weight excluding hydrogens is 500 g/mol. The number of aryl methyl sites for hydroxylation is 1. The number of unbranched alkanes of at least 4 members (excludes halogenated alkanes) is 1. The van der Waals surface area contributed by atoms with Gasteiger partial charge in [-0.05, 0) is 67.9 Å². The van der Waals surface area contributed by atoms with Crippen LogP contribution in [0.4, 0.5) is 16.2 Å². The molecular formula is C29H36N4O4S. The smallest absolute Gasteiger partial charge is 0.408 e. The average Bonchev–Trinajstić information content (AvgIpc) is 3.42. The molecule has 9 heteroatoms. The van der Waals surface area contributed by atoms with Gasteiger partial charge in [-0.3, -0.25) is 14.6 Å². The number of anilines is 2. The Kier molecular flexibility index (Phi) is 8.65. The number of piperazine rings is 1. The molecule has 8 nitrogen and oxygen atoms in total. The Morgan fingerprint density at radius 1 is 1.03 bits per heavy atom. The number of thiophene rings is 1. The molecule has 1 aromatic heterocycles. The second kappa shape index (κ2) is 12.5. The fraction of sp³-hybridized carbons (Fsp3) is 0.448. The summed E-state index contributed by atoms with van der Waals surface area (Å²) < 4.78 is 12.6. The highest BCUT2D eigenvalue weighted by molar-refractivity contribution is 7.17. The minimum atomic E-state index is -0.527. The molecule has 2 amide bonds. The molecule has 0 saturated carbocycles. The van der Waals surface area contributed by atoms with Crippen LogP contribution in [0.2, 0.25) is 0 Å². The van der Waals surface area contributed by atoms with Gasteiger partial charge in [-0.25, -0.2) is 4.79 Å². The molecule has 0 radical (unpaired) electrons. The maximum absolute atomic E-state index is 12.5. The standard InChI is InChI=1S/C29H36N4O4S/c1-2-30-29(35)37-21-33-26-20-23(10-8-22(26)9-11-28(33)34)36-18-4-3-13-31-14-16-32(17-15-31)25-6-5-7-27-24(25)12-19-38-27/h5-8,10,12,19-20H,2-4,9,11,13-18,21H2,1H3,(H,30,35). The third-order valence-electron chi connectivity index (χ3n) is 7.23. The molecule has 1 fully saturated rings. The van der Waals surface area contributed by atoms with Crippen LogP contribution in [-0.2, 0) is 16.0 Å². The van der Waals surface area contributed by atoms with E-state index < -0.39 is 6.09 Å². The lowest BCUT2D eigenvalue weighted by molar-refractivity contribution is -0.119. The van der Waals surface area contributed by atoms with Crippen LogP contribution in [0, 0.1) is 0 Å². The summed E-state index contributed by atoms with van der Waals surface area (Å²) in [6.45, 7) is 8.16. The van der Waals surface area contributed by atoms with Crippen molar-refractivity contribution in [3.63, 3.8) is 0 Å². The Bertz CT molecular complexity index is 1250. The lowest BCUT2D eigenvalue weighted by Gasteiger charge is -2.36. The lowest BCUT2D eigenvalue weighted by atomic mass is 10.0. The van der Waals surface area contributed by atoms with Crippen LogP contribution >= 0.6 is 11.3 Å². The molecule has 1 N–H and O–H groups in total. The van der Waals surface area contributed by atoms with E-state index in [-0.39, 0.29) is 12.6 Å². The van der Waals surface area contributed by atoms with Gasteiger partial charge in [-0.15, -0.1) is 11.3 Å². The number of rotatable bonds is 10. The quantitative estimate of drug-likeness (QED) is 0.373. The number of fused-ring (bicyclic) bond motifs is 2. The monoisotopic (exact) mass is 536 g/mol. The second-order valence-corrected chi connectivity index (χ2v) is 10.6. The first-order chi connectivity index (χ1) is 18.6. The molecule has 5 rings (SSSR count). The highest BCUT2D eigenvalue weighted by Gasteiger charge is 2.26. The predicted molar refractivity (Wildman–Crippen MR) is 152 cm³/mol. The molecule has 3 aromatic rings. The zero-order valence-electron chi connectivity index (χ0n) is 22.0. The molecule has 202 valence electrons. The van der Waals surface area contributed by atoms with E-state index in [0.29, 0.717) is 26.0 Å². The third-order valence-corrected chi connectivity index (χ3v) is 8.11. The summed E-state index contributed by atoms with van der Waals surface area (Å²) in [5, 5.41) is 6.13. The summed E-state index contributed by atoms with van der Waals surface area (Å²) in [6, 6.07) is 14.7. The van der Waals surface area contributed by atoms with E-state index in [1.54, 1.807) is 11.3 Å². The molecule has 2 aromatic carbocycles. The zero-order chi connectivity index (χ0) is 26.3. The van der Waals surface area contributed by atoms with Crippen LogP contribution in [0.25, 0.3) is 10.1 Å². The number of benzene rings is 2. The van der Waals surface area contributed by atoms with Gasteiger partial charge in [0.25, 0.3) is 0 Å². The van der Waals surface area contributed by atoms with E-state index in [0.717, 1.165) is 62.6 Å². The first-order valence-electron chi connectivity index (χ1n) is 13.5. The van der Waals surface area contributed by atoms with Crippen LogP contribution < -0.4 is 19.9 Å². The van der Waals surface area contributed by atoms with Crippen molar-refractivity contribution in [1.82, 2.24) is 10.2 Å². The number of amides is 2. The minimum absolute atomic E-state index is 0.0500. The van der Waals surface area contributed by atoms with Gasteiger partial charge in [0.1, 0.15) is 5.75 Å². The summed E-state index contributed by atoms with van der Waals surface area (Å²) in [7, 11) is 0. The number of carbonyl (C=O) groups is 2. The zero-order valence-corrected chi connectivity index (χ0v) is 22.8. The van der Waals surface area contributed by atoms with Crippen LogP contribution in [0.3, 0.4) is 0 Å². The molecule has 0 atom stereocenters. The number of alkyl carbamates (subject to hydrolysis) is 1. The summed E-state index contributed by atoms with van der Waals surface area (Å²) in [6.07, 6.45) is 2.61. The molecule has 1 saturated heterocycles. The summed E-state index contributed by atoms with van der Waals surface area (Å²) in [4.78, 5) is 30.8. The molecule has 0 aliphatic carbocycles. The Morgan fingerprint density at radius 2 is 1.89 bits per heavy atom. The van der Waals surface area contributed by atoms with Gasteiger partial charge in [-0.1, -0.05) is 12.1 Å². The van der Waals surface area contributed by atoms with Crippen LogP contribution in [0.15, 0.2) is 47.8 Å². The maximum atomic E-state index is 12.5. The van der Waals surface area contributed by atoms with Crippen molar-refractivity contribution in [1.29, 1.82) is 0 Å². The average molecular weight is 537 g/mol. The largest absolute Gasteiger partial charge is 0.494 e. The van der Waals surface area contributed by atoms with Gasteiger partial charge in [0.15, 0.2) is 6.73 Å². The van der Waals surface area contributed by atoms with E-state index in [9.17, 15) is 9.59 Å². The van der Waals surface area contributed by atoms with Crippen molar-refractivity contribution in [3.05, 3.63) is 53.4 Å². The van der Waals surface area contributed by atoms with E-state index in [2.05, 4.69) is 44.8 Å². The summed E-state index contributed by atoms with van der Waals surface area (Å²) >= 11 is 1.81. The predicted octanol–water partition coefficient (Wildman–Crippen LogP) is 4.87. The second-order valence-electron chi connectivity index (χ2n) is 9.70. The Hall–Kier alpha value is -3.30. The fourth-order valence-corrected chi connectivity index (χ4v) is 5.97. The third kappa shape index (κ3) is 6.22. The topological polar surface area (TPSA) is 74.3 Å². The van der Waals surface area contributed by atoms with Crippen LogP contribution in [0.5, 0.6) is 5.75 Å². The number of carbonyl (C=O) groups excluding carboxylic acids is 2. The molecule has 0 bridgehead atoms. The van der Waals surface area contributed by atoms with Crippen molar-refractivity contribution in [3.8, 4) is 5.75 Å². The highest BCUT2D eigenvalue weighted by atomic mass is 32.1. The van der Waals surface area contributed by atoms with E-state index in [1.165, 1.54) is 20.7 Å². The molecule has 0 spiro atoms. The molecule has 2 aliphatic rings. The van der Waals surface area contributed by atoms with Gasteiger partial charge < -0.3 is 19.7 Å². The molecule has 38 heavy (non-hydrogen) atoms. The number of hydrogen-bond donors (Lipinski definition) is 1. The van der Waals surface area contributed by atoms with Crippen LogP contribution in [-0.4, -0.2) is 69.5 Å². The van der Waals surface area contributed by atoms with E-state index in [1.807, 2.05) is 25.1 Å². The molecule has 2 aliphatic heterocycles. The van der Waals surface area contributed by atoms with Crippen molar-refractivity contribution in [2.45, 2.75) is 32.6 Å². The first-order valence-corrected chi connectivity index (χ1v) is 14.4. The lowest BCUT2D eigenvalue weighted by Crippen LogP contribution is -2.46. The van der Waals surface area contributed by atoms with Gasteiger partial charge >= 0.3 is 6.09 Å². The Morgan fingerprint density at radius 3 is 2.74 bits per heavy atom. The Labute approximate surface area is 228 Å². The van der Waals surface area contributed by atoms with E-state index in [4.69, 9.17) is 9.47 Å². The molecule has 3 heterocycles. The van der Waals surface area contributed by atoms with E-state index >= 15 is 0 Å². The minimum Gasteiger partial charge on any atom is -0.494 e. The van der Waals surface area contributed by atoms with Crippen molar-refractivity contribution in [2.24, 2.45) is 0 Å². The maximum Gasteiger partial charge on any atom is 0.408 e. The van der Waals surface area contributed by atoms with Crippen molar-refractivity contribution in [2.75, 3.05) is 62.4 Å². The molecule has 0 unspecified atom stereocenters. The Balaban J connectivity index is 1.05. The number of nitrogens with one attached hydrogen (secondary N) is 1. The van der Waals surface area contributed by atoms with Gasteiger partial charge in [0, 0.05) is 61.0 Å². The number of hydrogen-bond acceptors (Lipinski definition) is 7. The summed E-state index contributed by atoms with van der Waals surface area (Å²) in [5.41, 5.74) is 3.18. The van der Waals surface area contributed by atoms with Crippen molar-refractivity contribution < 1.29 is 19.1 Å². The number of nitrogens with zero attached hydrogens (tertiary/aromatic N) is 3. The fourth-order valence-electron chi connectivity index (χ4n) is 5.16. The first kappa shape index (κ1) is 26.3. The number of ether oxygens (including phenoxy) is 2. The van der Waals surface area contributed by atoms with Gasteiger partial charge in [0.2, 0.25) is 5.91 Å².